The standard InChI is InChI=1S/C15H25N3O2/c1-11-16-15(20-17-11)10-18-9-5-4-7-13(18)12-6-2-3-8-14(12)19/h12-14,19H,2-10H2,1H3. The Balaban J connectivity index is 1.69. The molecule has 0 radical (unpaired) electrons. The molecular weight excluding hydrogens is 254 g/mol. The smallest absolute Gasteiger partial charge is 0.240 e. The Labute approximate surface area is 120 Å². The fraction of sp³-hybridized carbons (Fsp3) is 0.867. The van der Waals surface area contributed by atoms with E-state index in [1.807, 2.05) is 6.92 Å². The first-order chi connectivity index (χ1) is 9.74. The van der Waals surface area contributed by atoms with Crippen molar-refractivity contribution in [3.05, 3.63) is 11.7 Å². The molecule has 1 aliphatic carbocycles. The van der Waals surface area contributed by atoms with E-state index >= 15 is 0 Å². The maximum absolute atomic E-state index is 10.3. The number of aryl methyl sites for hydroxylation is 1. The molecule has 3 atom stereocenters. The van der Waals surface area contributed by atoms with Crippen LogP contribution in [0.5, 0.6) is 0 Å². The lowest BCUT2D eigenvalue weighted by molar-refractivity contribution is -0.0117. The Hall–Kier alpha value is -0.940. The minimum absolute atomic E-state index is 0.126. The summed E-state index contributed by atoms with van der Waals surface area (Å²) in [7, 11) is 0. The summed E-state index contributed by atoms with van der Waals surface area (Å²) in [5.41, 5.74) is 0. The Kier molecular flexibility index (Phi) is 4.36. The zero-order valence-electron chi connectivity index (χ0n) is 12.3. The molecule has 2 aliphatic rings. The Morgan fingerprint density at radius 2 is 2.00 bits per heavy atom. The largest absolute Gasteiger partial charge is 0.393 e. The third kappa shape index (κ3) is 3.04. The number of hydrogen-bond acceptors (Lipinski definition) is 5. The predicted molar refractivity (Wildman–Crippen MR) is 75.0 cm³/mol. The average molecular weight is 279 g/mol. The van der Waals surface area contributed by atoms with E-state index < -0.39 is 0 Å². The number of aromatic nitrogens is 2. The fourth-order valence-corrected chi connectivity index (χ4v) is 3.86. The summed E-state index contributed by atoms with van der Waals surface area (Å²) in [6.07, 6.45) is 8.12. The molecule has 0 amide bonds. The minimum atomic E-state index is -0.126. The molecule has 1 aromatic rings. The highest BCUT2D eigenvalue weighted by Gasteiger charge is 2.36. The van der Waals surface area contributed by atoms with Gasteiger partial charge in [-0.15, -0.1) is 0 Å². The van der Waals surface area contributed by atoms with Crippen LogP contribution in [0, 0.1) is 12.8 Å². The summed E-state index contributed by atoms with van der Waals surface area (Å²) in [5, 5.41) is 14.2. The van der Waals surface area contributed by atoms with Gasteiger partial charge >= 0.3 is 0 Å². The second kappa shape index (κ2) is 6.22. The normalized spacial score (nSPS) is 32.4. The van der Waals surface area contributed by atoms with Crippen LogP contribution in [0.15, 0.2) is 4.52 Å². The molecule has 3 unspecified atom stereocenters. The van der Waals surface area contributed by atoms with Crippen LogP contribution in [0.2, 0.25) is 0 Å². The Bertz CT molecular complexity index is 435. The van der Waals surface area contributed by atoms with Crippen molar-refractivity contribution in [2.45, 2.75) is 70.6 Å². The highest BCUT2D eigenvalue weighted by molar-refractivity contribution is 4.91. The highest BCUT2D eigenvalue weighted by atomic mass is 16.5. The van der Waals surface area contributed by atoms with Gasteiger partial charge in [-0.2, -0.15) is 4.98 Å². The molecule has 112 valence electrons. The van der Waals surface area contributed by atoms with Crippen molar-refractivity contribution in [1.29, 1.82) is 0 Å². The minimum Gasteiger partial charge on any atom is -0.393 e. The Morgan fingerprint density at radius 3 is 2.75 bits per heavy atom. The summed E-state index contributed by atoms with van der Waals surface area (Å²) in [4.78, 5) is 6.78. The zero-order valence-corrected chi connectivity index (χ0v) is 12.3. The quantitative estimate of drug-likeness (QED) is 0.919. The molecule has 0 spiro atoms. The van der Waals surface area contributed by atoms with Gasteiger partial charge in [0.2, 0.25) is 5.89 Å². The van der Waals surface area contributed by atoms with Gasteiger partial charge in [0.25, 0.3) is 0 Å². The van der Waals surface area contributed by atoms with Gasteiger partial charge in [-0.25, -0.2) is 0 Å². The summed E-state index contributed by atoms with van der Waals surface area (Å²) in [6, 6.07) is 0.478. The van der Waals surface area contributed by atoms with Gasteiger partial charge in [0.05, 0.1) is 12.6 Å². The number of hydrogen-bond donors (Lipinski definition) is 1. The van der Waals surface area contributed by atoms with Crippen LogP contribution in [0.3, 0.4) is 0 Å². The van der Waals surface area contributed by atoms with Crippen molar-refractivity contribution in [3.8, 4) is 0 Å². The summed E-state index contributed by atoms with van der Waals surface area (Å²) in [5.74, 6) is 1.83. The number of aliphatic hydroxyl groups is 1. The van der Waals surface area contributed by atoms with Gasteiger partial charge in [0, 0.05) is 12.0 Å². The molecule has 3 rings (SSSR count). The Morgan fingerprint density at radius 1 is 1.20 bits per heavy atom. The number of piperidine rings is 1. The number of aliphatic hydroxyl groups excluding tert-OH is 1. The van der Waals surface area contributed by atoms with Crippen molar-refractivity contribution in [3.63, 3.8) is 0 Å². The number of likely N-dealkylation sites (tertiary alicyclic amines) is 1. The van der Waals surface area contributed by atoms with Gasteiger partial charge in [-0.1, -0.05) is 24.4 Å². The molecule has 5 heteroatoms. The van der Waals surface area contributed by atoms with Gasteiger partial charge in [-0.3, -0.25) is 4.90 Å². The molecule has 1 aliphatic heterocycles. The van der Waals surface area contributed by atoms with E-state index in [1.54, 1.807) is 0 Å². The monoisotopic (exact) mass is 279 g/mol. The maximum Gasteiger partial charge on any atom is 0.240 e. The molecular formula is C15H25N3O2. The van der Waals surface area contributed by atoms with E-state index in [0.717, 1.165) is 25.9 Å². The van der Waals surface area contributed by atoms with Crippen LogP contribution >= 0.6 is 0 Å². The lowest BCUT2D eigenvalue weighted by Gasteiger charge is -2.43. The first kappa shape index (κ1) is 14.0. The topological polar surface area (TPSA) is 62.4 Å². The summed E-state index contributed by atoms with van der Waals surface area (Å²) < 4.78 is 5.26. The van der Waals surface area contributed by atoms with Crippen molar-refractivity contribution in [1.82, 2.24) is 15.0 Å². The van der Waals surface area contributed by atoms with Gasteiger partial charge < -0.3 is 9.63 Å². The molecule has 0 bridgehead atoms. The molecule has 0 aromatic carbocycles. The van der Waals surface area contributed by atoms with E-state index in [1.165, 1.54) is 32.1 Å². The average Bonchev–Trinajstić information content (AvgIpc) is 2.86. The van der Waals surface area contributed by atoms with Gasteiger partial charge in [-0.05, 0) is 39.2 Å². The van der Waals surface area contributed by atoms with Crippen molar-refractivity contribution >= 4 is 0 Å². The van der Waals surface area contributed by atoms with E-state index in [4.69, 9.17) is 4.52 Å². The molecule has 2 fully saturated rings. The van der Waals surface area contributed by atoms with Crippen LogP contribution in [0.25, 0.3) is 0 Å². The van der Waals surface area contributed by atoms with Gasteiger partial charge in [0.15, 0.2) is 5.82 Å². The van der Waals surface area contributed by atoms with Crippen molar-refractivity contribution in [2.75, 3.05) is 6.54 Å². The first-order valence-corrected chi connectivity index (χ1v) is 7.95. The van der Waals surface area contributed by atoms with Crippen LogP contribution in [0.4, 0.5) is 0 Å². The molecule has 1 N–H and O–H groups in total. The summed E-state index contributed by atoms with van der Waals surface area (Å²) >= 11 is 0. The van der Waals surface area contributed by atoms with Crippen molar-refractivity contribution < 1.29 is 9.63 Å². The highest BCUT2D eigenvalue weighted by Crippen LogP contribution is 2.34. The van der Waals surface area contributed by atoms with Crippen molar-refractivity contribution in [2.24, 2.45) is 5.92 Å². The van der Waals surface area contributed by atoms with E-state index in [0.29, 0.717) is 23.7 Å². The van der Waals surface area contributed by atoms with Crippen LogP contribution in [-0.4, -0.2) is 38.8 Å². The molecule has 1 aromatic heterocycles. The third-order valence-electron chi connectivity index (χ3n) is 4.85. The lowest BCUT2D eigenvalue weighted by Crippen LogP contribution is -2.48. The van der Waals surface area contributed by atoms with E-state index in [-0.39, 0.29) is 6.10 Å². The molecule has 20 heavy (non-hydrogen) atoms. The van der Waals surface area contributed by atoms with Crippen LogP contribution < -0.4 is 0 Å². The third-order valence-corrected chi connectivity index (χ3v) is 4.85. The lowest BCUT2D eigenvalue weighted by atomic mass is 9.78. The second-order valence-corrected chi connectivity index (χ2v) is 6.28. The second-order valence-electron chi connectivity index (χ2n) is 6.28. The van der Waals surface area contributed by atoms with E-state index in [2.05, 4.69) is 15.0 Å². The molecule has 1 saturated carbocycles. The summed E-state index contributed by atoms with van der Waals surface area (Å²) in [6.45, 7) is 3.66. The first-order valence-electron chi connectivity index (χ1n) is 7.95. The number of nitrogens with zero attached hydrogens (tertiary/aromatic N) is 3. The maximum atomic E-state index is 10.3. The number of rotatable bonds is 3. The van der Waals surface area contributed by atoms with Crippen LogP contribution in [-0.2, 0) is 6.54 Å². The molecule has 1 saturated heterocycles. The SMILES string of the molecule is Cc1noc(CN2CCCCC2C2CCCCC2O)n1. The van der Waals surface area contributed by atoms with Crippen LogP contribution in [0.1, 0.15) is 56.7 Å². The van der Waals surface area contributed by atoms with E-state index in [9.17, 15) is 5.11 Å². The predicted octanol–water partition coefficient (Wildman–Crippen LogP) is 2.28. The molecule has 5 nitrogen and oxygen atoms in total. The van der Waals surface area contributed by atoms with Gasteiger partial charge in [0.1, 0.15) is 0 Å². The zero-order chi connectivity index (χ0) is 13.9. The molecule has 2 heterocycles. The fourth-order valence-electron chi connectivity index (χ4n) is 3.86.